The van der Waals surface area contributed by atoms with E-state index in [9.17, 15) is 9.59 Å². The van der Waals surface area contributed by atoms with E-state index in [0.29, 0.717) is 25.2 Å². The summed E-state index contributed by atoms with van der Waals surface area (Å²) in [5.41, 5.74) is 3.88. The fourth-order valence-electron chi connectivity index (χ4n) is 2.89. The Morgan fingerprint density at radius 3 is 2.62 bits per heavy atom. The Kier molecular flexibility index (Phi) is 4.86. The Labute approximate surface area is 146 Å². The highest BCUT2D eigenvalue weighted by atomic mass is 35.5. The zero-order valence-corrected chi connectivity index (χ0v) is 14.3. The van der Waals surface area contributed by atoms with Gasteiger partial charge < -0.3 is 10.2 Å². The molecule has 4 nitrogen and oxygen atoms in total. The fraction of sp³-hybridized carbons (Fsp3) is 0.263. The second kappa shape index (κ2) is 7.05. The van der Waals surface area contributed by atoms with Crippen molar-refractivity contribution in [3.8, 4) is 0 Å². The molecule has 1 aliphatic heterocycles. The van der Waals surface area contributed by atoms with E-state index in [1.807, 2.05) is 41.3 Å². The van der Waals surface area contributed by atoms with Crippen molar-refractivity contribution in [3.05, 3.63) is 69.7 Å². The van der Waals surface area contributed by atoms with Crippen LogP contribution in [0.25, 0.3) is 0 Å². The Balaban J connectivity index is 1.71. The zero-order valence-electron chi connectivity index (χ0n) is 13.5. The van der Waals surface area contributed by atoms with E-state index in [1.165, 1.54) is 12.5 Å². The van der Waals surface area contributed by atoms with E-state index < -0.39 is 0 Å². The number of nitrogens with zero attached hydrogens (tertiary/aromatic N) is 1. The number of hydrogen-bond donors (Lipinski definition) is 1. The molecule has 0 saturated carbocycles. The summed E-state index contributed by atoms with van der Waals surface area (Å²) in [5.74, 6) is -0.0642. The van der Waals surface area contributed by atoms with Crippen molar-refractivity contribution in [1.82, 2.24) is 10.2 Å². The van der Waals surface area contributed by atoms with Crippen LogP contribution in [0.2, 0.25) is 5.02 Å². The molecule has 0 fully saturated rings. The molecule has 2 aromatic carbocycles. The number of rotatable bonds is 3. The van der Waals surface area contributed by atoms with Crippen molar-refractivity contribution in [3.63, 3.8) is 0 Å². The second-order valence-corrected chi connectivity index (χ2v) is 6.37. The van der Waals surface area contributed by atoms with Crippen LogP contribution in [0.3, 0.4) is 0 Å². The molecule has 1 aliphatic rings. The molecule has 124 valence electrons. The van der Waals surface area contributed by atoms with Gasteiger partial charge in [-0.3, -0.25) is 9.59 Å². The number of carbonyl (C=O) groups is 2. The van der Waals surface area contributed by atoms with Crippen molar-refractivity contribution in [2.24, 2.45) is 0 Å². The molecule has 0 aromatic heterocycles. The monoisotopic (exact) mass is 342 g/mol. The van der Waals surface area contributed by atoms with Gasteiger partial charge in [0.2, 0.25) is 5.91 Å². The quantitative estimate of drug-likeness (QED) is 0.931. The van der Waals surface area contributed by atoms with Gasteiger partial charge in [-0.2, -0.15) is 0 Å². The van der Waals surface area contributed by atoms with E-state index in [0.717, 1.165) is 22.6 Å². The smallest absolute Gasteiger partial charge is 0.254 e. The van der Waals surface area contributed by atoms with E-state index in [2.05, 4.69) is 11.4 Å². The third-order valence-electron chi connectivity index (χ3n) is 4.25. The number of hydrogen-bond acceptors (Lipinski definition) is 2. The fourth-order valence-corrected chi connectivity index (χ4v) is 3.14. The van der Waals surface area contributed by atoms with Gasteiger partial charge in [-0.1, -0.05) is 35.9 Å². The Hall–Kier alpha value is -2.33. The second-order valence-electron chi connectivity index (χ2n) is 5.96. The standard InChI is InChI=1S/C19H19ClN2O2/c1-13(23)21-11-14-5-7-16(8-6-14)19(24)22-10-9-15-3-2-4-18(20)17(15)12-22/h2-8H,9-12H2,1H3,(H,21,23). The predicted octanol–water partition coefficient (Wildman–Crippen LogP) is 3.17. The Morgan fingerprint density at radius 1 is 1.17 bits per heavy atom. The minimum atomic E-state index is -0.0704. The highest BCUT2D eigenvalue weighted by Gasteiger charge is 2.23. The number of amides is 2. The van der Waals surface area contributed by atoms with Crippen LogP contribution < -0.4 is 5.32 Å². The van der Waals surface area contributed by atoms with Gasteiger partial charge in [-0.15, -0.1) is 0 Å². The summed E-state index contributed by atoms with van der Waals surface area (Å²) in [4.78, 5) is 25.5. The molecule has 3 rings (SSSR count). The summed E-state index contributed by atoms with van der Waals surface area (Å²) < 4.78 is 0. The summed E-state index contributed by atoms with van der Waals surface area (Å²) in [5, 5.41) is 3.46. The van der Waals surface area contributed by atoms with Crippen LogP contribution >= 0.6 is 11.6 Å². The van der Waals surface area contributed by atoms with Crippen molar-refractivity contribution >= 4 is 23.4 Å². The average Bonchev–Trinajstić information content (AvgIpc) is 2.60. The van der Waals surface area contributed by atoms with Crippen LogP contribution in [0.1, 0.15) is 34.0 Å². The van der Waals surface area contributed by atoms with Crippen LogP contribution in [0.15, 0.2) is 42.5 Å². The third-order valence-corrected chi connectivity index (χ3v) is 4.60. The van der Waals surface area contributed by atoms with Crippen LogP contribution in [0.4, 0.5) is 0 Å². The normalized spacial score (nSPS) is 13.3. The maximum Gasteiger partial charge on any atom is 0.254 e. The first-order valence-electron chi connectivity index (χ1n) is 7.93. The van der Waals surface area contributed by atoms with Gasteiger partial charge in [0, 0.05) is 37.1 Å². The first kappa shape index (κ1) is 16.5. The van der Waals surface area contributed by atoms with E-state index in [-0.39, 0.29) is 11.8 Å². The van der Waals surface area contributed by atoms with Gasteiger partial charge in [0.05, 0.1) is 0 Å². The van der Waals surface area contributed by atoms with Gasteiger partial charge in [-0.05, 0) is 41.3 Å². The Bertz CT molecular complexity index is 771. The molecule has 0 saturated heterocycles. The first-order chi connectivity index (χ1) is 11.5. The van der Waals surface area contributed by atoms with E-state index >= 15 is 0 Å². The minimum absolute atomic E-state index is 0.00615. The number of fused-ring (bicyclic) bond motifs is 1. The molecule has 0 unspecified atom stereocenters. The molecule has 0 bridgehead atoms. The van der Waals surface area contributed by atoms with Gasteiger partial charge >= 0.3 is 0 Å². The number of benzene rings is 2. The summed E-state index contributed by atoms with van der Waals surface area (Å²) >= 11 is 6.27. The molecule has 2 aromatic rings. The summed E-state index contributed by atoms with van der Waals surface area (Å²) in [7, 11) is 0. The van der Waals surface area contributed by atoms with Crippen LogP contribution in [-0.4, -0.2) is 23.3 Å². The summed E-state index contributed by atoms with van der Waals surface area (Å²) in [6, 6.07) is 13.2. The molecule has 1 heterocycles. The van der Waals surface area contributed by atoms with Gasteiger partial charge in [0.15, 0.2) is 0 Å². The lowest BCUT2D eigenvalue weighted by molar-refractivity contribution is -0.119. The lowest BCUT2D eigenvalue weighted by Crippen LogP contribution is -2.36. The molecule has 0 atom stereocenters. The summed E-state index contributed by atoms with van der Waals surface area (Å²) in [6.07, 6.45) is 0.822. The van der Waals surface area contributed by atoms with Crippen LogP contribution in [0.5, 0.6) is 0 Å². The van der Waals surface area contributed by atoms with Gasteiger partial charge in [0.25, 0.3) is 5.91 Å². The highest BCUT2D eigenvalue weighted by molar-refractivity contribution is 6.31. The average molecular weight is 343 g/mol. The van der Waals surface area contributed by atoms with Crippen molar-refractivity contribution in [1.29, 1.82) is 0 Å². The molecule has 0 aliphatic carbocycles. The van der Waals surface area contributed by atoms with Crippen LogP contribution in [0, 0.1) is 0 Å². The largest absolute Gasteiger partial charge is 0.352 e. The highest BCUT2D eigenvalue weighted by Crippen LogP contribution is 2.27. The molecule has 24 heavy (non-hydrogen) atoms. The molecule has 5 heteroatoms. The number of carbonyl (C=O) groups excluding carboxylic acids is 2. The maximum atomic E-state index is 12.7. The molecule has 0 radical (unpaired) electrons. The topological polar surface area (TPSA) is 49.4 Å². The first-order valence-corrected chi connectivity index (χ1v) is 8.31. The SMILES string of the molecule is CC(=O)NCc1ccc(C(=O)N2CCc3cccc(Cl)c3C2)cc1. The molecular weight excluding hydrogens is 324 g/mol. The summed E-state index contributed by atoms with van der Waals surface area (Å²) in [6.45, 7) is 3.19. The number of nitrogens with one attached hydrogen (secondary N) is 1. The molecule has 1 N–H and O–H groups in total. The maximum absolute atomic E-state index is 12.7. The lowest BCUT2D eigenvalue weighted by Gasteiger charge is -2.29. The lowest BCUT2D eigenvalue weighted by atomic mass is 9.99. The zero-order chi connectivity index (χ0) is 17.1. The van der Waals surface area contributed by atoms with E-state index in [4.69, 9.17) is 11.6 Å². The molecule has 2 amide bonds. The van der Waals surface area contributed by atoms with Crippen molar-refractivity contribution in [2.45, 2.75) is 26.4 Å². The van der Waals surface area contributed by atoms with Crippen LogP contribution in [-0.2, 0) is 24.3 Å². The van der Waals surface area contributed by atoms with Gasteiger partial charge in [-0.25, -0.2) is 0 Å². The predicted molar refractivity (Wildman–Crippen MR) is 93.9 cm³/mol. The number of halogens is 1. The van der Waals surface area contributed by atoms with E-state index in [1.54, 1.807) is 0 Å². The molecule has 0 spiro atoms. The van der Waals surface area contributed by atoms with Crippen molar-refractivity contribution in [2.75, 3.05) is 6.54 Å². The van der Waals surface area contributed by atoms with Crippen molar-refractivity contribution < 1.29 is 9.59 Å². The Morgan fingerprint density at radius 2 is 1.92 bits per heavy atom. The minimum Gasteiger partial charge on any atom is -0.352 e. The van der Waals surface area contributed by atoms with Gasteiger partial charge in [0.1, 0.15) is 0 Å². The third kappa shape index (κ3) is 3.60. The molecular formula is C19H19ClN2O2.